The number of halogens is 16. The molecule has 20 rings (SSSR count). The maximum absolute atomic E-state index is 14.2. The molecule has 12 heterocycles. The van der Waals surface area contributed by atoms with Gasteiger partial charge in [0.05, 0.1) is 120 Å². The van der Waals surface area contributed by atoms with Crippen LogP contribution in [0, 0.1) is 57.3 Å². The molecule has 0 aliphatic heterocycles. The Hall–Kier alpha value is -17.8. The van der Waals surface area contributed by atoms with Gasteiger partial charge in [-0.15, -0.1) is 0 Å². The highest BCUT2D eigenvalue weighted by atomic mass is 19.4. The van der Waals surface area contributed by atoms with Gasteiger partial charge in [0.2, 0.25) is 18.2 Å². The molecule has 710 valence electrons. The summed E-state index contributed by atoms with van der Waals surface area (Å²) in [6.07, 6.45) is -0.907. The first-order valence-electron chi connectivity index (χ1n) is 41.7. The van der Waals surface area contributed by atoms with E-state index in [1.165, 1.54) is 83.6 Å². The van der Waals surface area contributed by atoms with Crippen LogP contribution in [0.4, 0.5) is 133 Å². The molecule has 8 aromatic carbocycles. The zero-order valence-corrected chi connectivity index (χ0v) is 73.3. The minimum atomic E-state index is -4.47. The monoisotopic (exact) mass is 1920 g/mol. The minimum Gasteiger partial charge on any atom is -0.619 e. The number of aryl methyl sites for hydroxylation is 5. The number of para-hydroxylation sites is 4. The largest absolute Gasteiger partial charge is 0.619 e. The van der Waals surface area contributed by atoms with Gasteiger partial charge in [-0.05, 0) is 204 Å². The number of imidazole rings is 3. The summed E-state index contributed by atoms with van der Waals surface area (Å²) in [6.45, 7) is 3.37. The molecule has 0 aliphatic carbocycles. The van der Waals surface area contributed by atoms with Crippen LogP contribution in [0.2, 0.25) is 0 Å². The third-order valence-electron chi connectivity index (χ3n) is 20.7. The van der Waals surface area contributed by atoms with Gasteiger partial charge < -0.3 is 47.0 Å². The van der Waals surface area contributed by atoms with E-state index in [1.54, 1.807) is 82.4 Å². The Morgan fingerprint density at radius 2 is 0.707 bits per heavy atom. The fourth-order valence-electron chi connectivity index (χ4n) is 14.7. The summed E-state index contributed by atoms with van der Waals surface area (Å²) in [5.74, 6) is 1.97. The van der Waals surface area contributed by atoms with Gasteiger partial charge in [0.25, 0.3) is 0 Å². The molecular weight excluding hydrogens is 1850 g/mol. The van der Waals surface area contributed by atoms with E-state index >= 15 is 0 Å². The number of hydrogen-bond acceptors (Lipinski definition) is 21. The van der Waals surface area contributed by atoms with Gasteiger partial charge in [-0.2, -0.15) is 72.0 Å². The Labute approximate surface area is 781 Å². The first-order valence-corrected chi connectivity index (χ1v) is 41.7. The maximum Gasteiger partial charge on any atom is 0.416 e. The molecule has 0 atom stereocenters. The van der Waals surface area contributed by atoms with E-state index in [0.29, 0.717) is 85.3 Å². The van der Waals surface area contributed by atoms with Gasteiger partial charge in [-0.3, -0.25) is 23.7 Å². The van der Waals surface area contributed by atoms with Crippen molar-refractivity contribution in [3.8, 4) is 51.5 Å². The number of aromatic nitrogens is 18. The average molecular weight is 1930 g/mol. The molecule has 0 radical (unpaired) electrons. The van der Waals surface area contributed by atoms with Gasteiger partial charge in [-0.25, -0.2) is 62.1 Å². The van der Waals surface area contributed by atoms with Gasteiger partial charge in [0.1, 0.15) is 69.7 Å². The summed E-state index contributed by atoms with van der Waals surface area (Å²) in [4.78, 5) is 44.0. The van der Waals surface area contributed by atoms with Gasteiger partial charge in [-0.1, -0.05) is 36.4 Å². The summed E-state index contributed by atoms with van der Waals surface area (Å²) in [5, 5.41) is 35.8. The SMILES string of the molecule is Cc1nc2cc(F)c(F)cc2n1-c1c[n+]([O-])cc(Nc2ccc(C(F)(F)F)cc2)n1.Cc1nc2ccccc2n1-c1cc(F)cc(Nc2ccc(C(F)(F)F)cc2)n1.Cc1nc2ccccc2n1-c1cc(N)cc(Nc2ccc(OC(F)F)cc2)n1.Cc1nn2ccccc2c1-c1cncc(Nc2ccc(C(F)(F)F)cc2)n1.Cc1nn2ccccc2c1-c1cncc(Nc2ccc(OC(F)F)cc2)n1. The van der Waals surface area contributed by atoms with E-state index in [-0.39, 0.29) is 45.7 Å². The van der Waals surface area contributed by atoms with E-state index in [0.717, 1.165) is 122 Å². The lowest BCUT2D eigenvalue weighted by molar-refractivity contribution is -0.604. The average Bonchev–Trinajstić information content (AvgIpc) is 1.64. The van der Waals surface area contributed by atoms with E-state index in [4.69, 9.17) is 5.73 Å². The zero-order valence-electron chi connectivity index (χ0n) is 73.3. The van der Waals surface area contributed by atoms with Crippen LogP contribution in [-0.2, 0) is 18.5 Å². The second kappa shape index (κ2) is 40.4. The van der Waals surface area contributed by atoms with Crippen LogP contribution in [0.5, 0.6) is 11.5 Å². The molecule has 27 nitrogen and oxygen atoms in total. The third-order valence-corrected chi connectivity index (χ3v) is 20.7. The molecular formula is C97H72F16N24O3. The summed E-state index contributed by atoms with van der Waals surface area (Å²) in [7, 11) is 0. The van der Waals surface area contributed by atoms with Crippen LogP contribution >= 0.6 is 0 Å². The molecule has 0 saturated heterocycles. The minimum absolute atomic E-state index is 0.0334. The van der Waals surface area contributed by atoms with Crippen molar-refractivity contribution in [2.75, 3.05) is 32.3 Å². The van der Waals surface area contributed by atoms with Crippen LogP contribution in [0.3, 0.4) is 0 Å². The van der Waals surface area contributed by atoms with Crippen LogP contribution in [0.15, 0.2) is 292 Å². The Bertz CT molecular complexity index is 7840. The number of nitrogens with one attached hydrogen (secondary N) is 5. The number of ether oxygens (including phenoxy) is 2. The molecule has 0 saturated carbocycles. The predicted molar refractivity (Wildman–Crippen MR) is 493 cm³/mol. The van der Waals surface area contributed by atoms with Crippen molar-refractivity contribution >= 4 is 107 Å². The predicted octanol–water partition coefficient (Wildman–Crippen LogP) is 24.0. The second-order valence-corrected chi connectivity index (χ2v) is 30.6. The molecule has 43 heteroatoms. The molecule has 0 bridgehead atoms. The summed E-state index contributed by atoms with van der Waals surface area (Å²) in [5.41, 5.74) is 17.1. The van der Waals surface area contributed by atoms with Crippen molar-refractivity contribution in [2.45, 2.75) is 66.4 Å². The number of nitrogen functional groups attached to an aromatic ring is 1. The molecule has 140 heavy (non-hydrogen) atoms. The fourth-order valence-corrected chi connectivity index (χ4v) is 14.7. The second-order valence-electron chi connectivity index (χ2n) is 30.6. The number of anilines is 11. The van der Waals surface area contributed by atoms with Gasteiger partial charge in [0.15, 0.2) is 17.5 Å². The number of alkyl halides is 13. The van der Waals surface area contributed by atoms with Gasteiger partial charge in [0, 0.05) is 82.9 Å². The van der Waals surface area contributed by atoms with E-state index in [1.807, 2.05) is 123 Å². The van der Waals surface area contributed by atoms with Crippen molar-refractivity contribution in [2.24, 2.45) is 0 Å². The topological polar surface area (TPSA) is 310 Å². The fraction of sp³-hybridized carbons (Fsp3) is 0.103. The van der Waals surface area contributed by atoms with Gasteiger partial charge >= 0.3 is 31.8 Å². The van der Waals surface area contributed by atoms with Crippen molar-refractivity contribution in [1.29, 1.82) is 0 Å². The third kappa shape index (κ3) is 22.7. The summed E-state index contributed by atoms with van der Waals surface area (Å²) < 4.78 is 222. The molecule has 0 aliphatic rings. The number of rotatable bonds is 19. The smallest absolute Gasteiger partial charge is 0.416 e. The lowest BCUT2D eigenvalue weighted by Crippen LogP contribution is -2.27. The summed E-state index contributed by atoms with van der Waals surface area (Å²) in [6, 6.07) is 60.3. The first-order chi connectivity index (χ1) is 66.9. The number of fused-ring (bicyclic) bond motifs is 5. The molecule has 0 amide bonds. The quantitative estimate of drug-likeness (QED) is 0.0249. The highest BCUT2D eigenvalue weighted by Crippen LogP contribution is 2.38. The van der Waals surface area contributed by atoms with E-state index in [9.17, 15) is 75.5 Å². The van der Waals surface area contributed by atoms with E-state index in [2.05, 4.69) is 96.1 Å². The molecule has 0 spiro atoms. The Kier molecular flexibility index (Phi) is 27.5. The van der Waals surface area contributed by atoms with Crippen LogP contribution in [-0.4, -0.2) is 96.0 Å². The molecule has 0 fully saturated rings. The number of nitrogens with two attached hydrogens (primary N) is 1. The lowest BCUT2D eigenvalue weighted by Gasteiger charge is -2.12. The Balaban J connectivity index is 0.000000126. The number of hydrogen-bond donors (Lipinski definition) is 6. The van der Waals surface area contributed by atoms with E-state index < -0.39 is 65.9 Å². The Morgan fingerprint density at radius 1 is 0.350 bits per heavy atom. The van der Waals surface area contributed by atoms with Crippen molar-refractivity contribution in [3.05, 3.63) is 360 Å². The molecule has 7 N–H and O–H groups in total. The zero-order chi connectivity index (χ0) is 99.0. The van der Waals surface area contributed by atoms with Crippen molar-refractivity contribution in [3.63, 3.8) is 0 Å². The van der Waals surface area contributed by atoms with Crippen LogP contribution in [0.1, 0.15) is 45.6 Å². The molecule has 12 aromatic heterocycles. The molecule has 20 aromatic rings. The highest BCUT2D eigenvalue weighted by molar-refractivity contribution is 5.84. The standard InChI is InChI=1S/C20H14F4N4.C20H17F2N5O.C19H12F5N5O.C19H14F3N5.C19H15F2N5O/c1-12-25-16-4-2-3-5-17(16)28(12)19-11-14(21)10-18(27-19)26-15-8-6-13(7-9-15)20(22,23)24;1-12-24-16-4-2-3-5-17(16)27(12)19-11-13(23)10-18(26-19)25-14-6-8-15(9-7-14)28-20(21)22;1-10-25-15-6-13(20)14(21)7-16(15)29(10)18-9-28(30)8-17(27-18)26-12-4-2-11(3-5-12)19(22,23)24;1-12-18(16-4-2-3-9-27(16)26-12)15-10-23-11-17(25-15)24-14-7-5-13(6-8-14)19(20,21)22;1-12-18(16-4-2-3-9-26(16)25-12)15-10-22-11-17(24-15)23-13-5-7-14(8-6-13)27-19(20)21/h2-11H,1H3,(H,26,27);2-11,20H,1H3,(H3,23,25,26);2-9H,1H3,(H,26,27);2-11H,1H3,(H,24,25);2-11,19H,1H3,(H,23,24). The Morgan fingerprint density at radius 3 is 1.14 bits per heavy atom. The maximum atomic E-state index is 14.2. The lowest BCUT2D eigenvalue weighted by atomic mass is 10.1. The normalized spacial score (nSPS) is 11.5. The van der Waals surface area contributed by atoms with Crippen LogP contribution < -0.4 is 46.5 Å². The first kappa shape index (κ1) is 95.3. The van der Waals surface area contributed by atoms with Crippen molar-refractivity contribution < 1.29 is 84.5 Å². The van der Waals surface area contributed by atoms with Crippen LogP contribution in [0.25, 0.3) is 84.1 Å². The van der Waals surface area contributed by atoms with Crippen molar-refractivity contribution in [1.82, 2.24) is 82.8 Å². The number of benzene rings is 8. The summed E-state index contributed by atoms with van der Waals surface area (Å²) >= 11 is 0. The number of pyridine rings is 4. The molecule has 0 unspecified atom stereocenters. The number of nitrogens with zero attached hydrogens (tertiary/aromatic N) is 18. The highest BCUT2D eigenvalue weighted by Gasteiger charge is 2.33.